The van der Waals surface area contributed by atoms with Crippen LogP contribution in [0.4, 0.5) is 4.39 Å². The first-order chi connectivity index (χ1) is 9.24. The monoisotopic (exact) mass is 279 g/mol. The van der Waals surface area contributed by atoms with Crippen LogP contribution in [-0.4, -0.2) is 0 Å². The molecular formula is C15H15ClFNO. The maximum Gasteiger partial charge on any atom is 0.124 e. The molecule has 4 heteroatoms. The number of nitrogens with one attached hydrogen (secondary N) is 1. The number of hydrogen-bond acceptors (Lipinski definition) is 2. The average molecular weight is 280 g/mol. The van der Waals surface area contributed by atoms with Crippen LogP contribution in [0.15, 0.2) is 34.9 Å². The summed E-state index contributed by atoms with van der Waals surface area (Å²) in [6.45, 7) is 0.633. The number of rotatable bonds is 3. The number of furan rings is 1. The van der Waals surface area contributed by atoms with Gasteiger partial charge in [0, 0.05) is 29.6 Å². The van der Waals surface area contributed by atoms with Crippen molar-refractivity contribution < 1.29 is 8.81 Å². The summed E-state index contributed by atoms with van der Waals surface area (Å²) in [5.41, 5.74) is 2.16. The van der Waals surface area contributed by atoms with Gasteiger partial charge in [0.15, 0.2) is 0 Å². The van der Waals surface area contributed by atoms with Crippen molar-refractivity contribution in [3.8, 4) is 0 Å². The van der Waals surface area contributed by atoms with E-state index in [2.05, 4.69) is 5.32 Å². The zero-order valence-electron chi connectivity index (χ0n) is 10.5. The highest BCUT2D eigenvalue weighted by atomic mass is 35.5. The van der Waals surface area contributed by atoms with Crippen molar-refractivity contribution >= 4 is 11.6 Å². The van der Waals surface area contributed by atoms with Crippen LogP contribution >= 0.6 is 11.6 Å². The molecule has 0 aliphatic heterocycles. The van der Waals surface area contributed by atoms with E-state index in [1.807, 2.05) is 6.07 Å². The number of halogens is 2. The fraction of sp³-hybridized carbons (Fsp3) is 0.333. The zero-order valence-corrected chi connectivity index (χ0v) is 11.2. The Labute approximate surface area is 116 Å². The maximum absolute atomic E-state index is 13.0. The van der Waals surface area contributed by atoms with Crippen LogP contribution in [0.3, 0.4) is 0 Å². The summed E-state index contributed by atoms with van der Waals surface area (Å²) in [7, 11) is 0. The van der Waals surface area contributed by atoms with E-state index in [0.717, 1.165) is 30.6 Å². The van der Waals surface area contributed by atoms with Gasteiger partial charge in [0.2, 0.25) is 0 Å². The fourth-order valence-electron chi connectivity index (χ4n) is 2.60. The Kier molecular flexibility index (Phi) is 3.58. The normalized spacial score (nSPS) is 18.3. The molecule has 100 valence electrons. The molecule has 0 radical (unpaired) electrons. The Bertz CT molecular complexity index is 581. The maximum atomic E-state index is 13.0. The van der Waals surface area contributed by atoms with Crippen molar-refractivity contribution in [2.75, 3.05) is 0 Å². The summed E-state index contributed by atoms with van der Waals surface area (Å²) in [5.74, 6) is 0.775. The average Bonchev–Trinajstić information content (AvgIpc) is 2.86. The Morgan fingerprint density at radius 2 is 2.26 bits per heavy atom. The van der Waals surface area contributed by atoms with Gasteiger partial charge < -0.3 is 9.73 Å². The van der Waals surface area contributed by atoms with Gasteiger partial charge in [0.1, 0.15) is 11.6 Å². The first-order valence-corrected chi connectivity index (χ1v) is 6.85. The summed E-state index contributed by atoms with van der Waals surface area (Å²) >= 11 is 6.03. The van der Waals surface area contributed by atoms with Gasteiger partial charge in [-0.2, -0.15) is 0 Å². The van der Waals surface area contributed by atoms with Gasteiger partial charge in [-0.05, 0) is 36.6 Å². The van der Waals surface area contributed by atoms with E-state index in [4.69, 9.17) is 16.0 Å². The SMILES string of the molecule is Fc1ccc(CNC2CCCc3occc32)c(Cl)c1. The quantitative estimate of drug-likeness (QED) is 0.909. The van der Waals surface area contributed by atoms with Gasteiger partial charge in [-0.1, -0.05) is 17.7 Å². The molecule has 2 nitrogen and oxygen atoms in total. The van der Waals surface area contributed by atoms with Crippen molar-refractivity contribution in [3.05, 3.63) is 58.3 Å². The minimum Gasteiger partial charge on any atom is -0.469 e. The number of aryl methyl sites for hydroxylation is 1. The molecule has 1 N–H and O–H groups in total. The molecule has 0 fully saturated rings. The lowest BCUT2D eigenvalue weighted by molar-refractivity contribution is 0.411. The fourth-order valence-corrected chi connectivity index (χ4v) is 2.83. The highest BCUT2D eigenvalue weighted by Gasteiger charge is 2.22. The zero-order chi connectivity index (χ0) is 13.2. The van der Waals surface area contributed by atoms with Crippen LogP contribution in [0, 0.1) is 5.82 Å². The van der Waals surface area contributed by atoms with Crippen molar-refractivity contribution in [2.45, 2.75) is 31.8 Å². The highest BCUT2D eigenvalue weighted by Crippen LogP contribution is 2.31. The highest BCUT2D eigenvalue weighted by molar-refractivity contribution is 6.31. The molecule has 1 aliphatic rings. The smallest absolute Gasteiger partial charge is 0.124 e. The van der Waals surface area contributed by atoms with Crippen LogP contribution < -0.4 is 5.32 Å². The predicted octanol–water partition coefficient (Wildman–Crippen LogP) is 4.24. The van der Waals surface area contributed by atoms with Crippen molar-refractivity contribution in [1.29, 1.82) is 0 Å². The van der Waals surface area contributed by atoms with Gasteiger partial charge in [-0.3, -0.25) is 0 Å². The third-order valence-corrected chi connectivity index (χ3v) is 3.96. The van der Waals surface area contributed by atoms with Gasteiger partial charge in [-0.25, -0.2) is 4.39 Å². The van der Waals surface area contributed by atoms with E-state index in [0.29, 0.717) is 17.6 Å². The molecule has 0 spiro atoms. The number of benzene rings is 1. The Morgan fingerprint density at radius 3 is 3.11 bits per heavy atom. The summed E-state index contributed by atoms with van der Waals surface area (Å²) in [6.07, 6.45) is 4.97. The molecule has 3 rings (SSSR count). The first kappa shape index (κ1) is 12.7. The summed E-state index contributed by atoms with van der Waals surface area (Å²) in [4.78, 5) is 0. The van der Waals surface area contributed by atoms with E-state index < -0.39 is 0 Å². The molecule has 1 aliphatic carbocycles. The topological polar surface area (TPSA) is 25.2 Å². The van der Waals surface area contributed by atoms with Crippen LogP contribution in [0.5, 0.6) is 0 Å². The number of fused-ring (bicyclic) bond motifs is 1. The minimum atomic E-state index is -0.302. The predicted molar refractivity (Wildman–Crippen MR) is 72.6 cm³/mol. The van der Waals surface area contributed by atoms with E-state index in [1.54, 1.807) is 12.3 Å². The largest absolute Gasteiger partial charge is 0.469 e. The number of hydrogen-bond donors (Lipinski definition) is 1. The molecule has 0 bridgehead atoms. The van der Waals surface area contributed by atoms with E-state index in [9.17, 15) is 4.39 Å². The van der Waals surface area contributed by atoms with Gasteiger partial charge >= 0.3 is 0 Å². The Morgan fingerprint density at radius 1 is 1.37 bits per heavy atom. The van der Waals surface area contributed by atoms with Gasteiger partial charge in [-0.15, -0.1) is 0 Å². The second-order valence-electron chi connectivity index (χ2n) is 4.86. The summed E-state index contributed by atoms with van der Waals surface area (Å²) < 4.78 is 18.4. The van der Waals surface area contributed by atoms with Gasteiger partial charge in [0.05, 0.1) is 6.26 Å². The van der Waals surface area contributed by atoms with Crippen LogP contribution in [0.25, 0.3) is 0 Å². The lowest BCUT2D eigenvalue weighted by Gasteiger charge is -2.23. The molecule has 0 saturated heterocycles. The van der Waals surface area contributed by atoms with Crippen LogP contribution in [0.2, 0.25) is 5.02 Å². The Balaban J connectivity index is 1.71. The molecule has 19 heavy (non-hydrogen) atoms. The van der Waals surface area contributed by atoms with E-state index >= 15 is 0 Å². The third kappa shape index (κ3) is 2.67. The molecule has 0 amide bonds. The van der Waals surface area contributed by atoms with Crippen LogP contribution in [0.1, 0.15) is 35.8 Å². The van der Waals surface area contributed by atoms with Crippen LogP contribution in [-0.2, 0) is 13.0 Å². The molecule has 1 aromatic carbocycles. The molecular weight excluding hydrogens is 265 g/mol. The molecule has 1 heterocycles. The third-order valence-electron chi connectivity index (χ3n) is 3.61. The second-order valence-corrected chi connectivity index (χ2v) is 5.27. The standard InChI is InChI=1S/C15H15ClFNO/c16-13-8-11(17)5-4-10(13)9-18-14-2-1-3-15-12(14)6-7-19-15/h4-8,14,18H,1-3,9H2. The molecule has 1 aromatic heterocycles. The van der Waals surface area contributed by atoms with Gasteiger partial charge in [0.25, 0.3) is 0 Å². The molecule has 0 saturated carbocycles. The minimum absolute atomic E-state index is 0.295. The molecule has 2 aromatic rings. The lowest BCUT2D eigenvalue weighted by Crippen LogP contribution is -2.24. The molecule has 1 atom stereocenters. The first-order valence-electron chi connectivity index (χ1n) is 6.47. The van der Waals surface area contributed by atoms with E-state index in [-0.39, 0.29) is 5.82 Å². The van der Waals surface area contributed by atoms with Crippen molar-refractivity contribution in [1.82, 2.24) is 5.32 Å². The lowest BCUT2D eigenvalue weighted by atomic mass is 9.93. The summed E-state index contributed by atoms with van der Waals surface area (Å²) in [6, 6.07) is 6.83. The Hall–Kier alpha value is -1.32. The molecule has 1 unspecified atom stereocenters. The van der Waals surface area contributed by atoms with E-state index in [1.165, 1.54) is 17.7 Å². The summed E-state index contributed by atoms with van der Waals surface area (Å²) in [5, 5.41) is 3.94. The second kappa shape index (κ2) is 5.35. The van der Waals surface area contributed by atoms with Crippen molar-refractivity contribution in [3.63, 3.8) is 0 Å². The van der Waals surface area contributed by atoms with Crippen molar-refractivity contribution in [2.24, 2.45) is 0 Å².